The summed E-state index contributed by atoms with van der Waals surface area (Å²) in [6.07, 6.45) is 2.73. The van der Waals surface area contributed by atoms with Gasteiger partial charge in [-0.2, -0.15) is 0 Å². The predicted octanol–water partition coefficient (Wildman–Crippen LogP) is 1.96. The molecule has 12 heavy (non-hydrogen) atoms. The van der Waals surface area contributed by atoms with Crippen LogP contribution in [0.1, 0.15) is 40.0 Å². The maximum Gasteiger partial charge on any atom is 0.0696 e. The molecule has 0 aromatic carbocycles. The number of aliphatic hydroxyl groups is 1. The molecule has 0 aromatic heterocycles. The van der Waals surface area contributed by atoms with E-state index in [1.807, 2.05) is 6.92 Å². The van der Waals surface area contributed by atoms with Crippen molar-refractivity contribution in [2.24, 2.45) is 5.92 Å². The van der Waals surface area contributed by atoms with Gasteiger partial charge in [-0.05, 0) is 25.7 Å². The van der Waals surface area contributed by atoms with Crippen LogP contribution in [0.2, 0.25) is 0 Å². The van der Waals surface area contributed by atoms with Crippen molar-refractivity contribution in [3.8, 4) is 0 Å². The first-order valence-electron chi connectivity index (χ1n) is 4.86. The van der Waals surface area contributed by atoms with Crippen molar-refractivity contribution in [1.29, 1.82) is 0 Å². The van der Waals surface area contributed by atoms with E-state index in [-0.39, 0.29) is 6.10 Å². The highest BCUT2D eigenvalue weighted by atomic mass is 16.5. The predicted molar refractivity (Wildman–Crippen MR) is 49.1 cm³/mol. The Labute approximate surface area is 74.9 Å². The molecule has 2 unspecified atom stereocenters. The van der Waals surface area contributed by atoms with Crippen molar-refractivity contribution >= 4 is 0 Å². The van der Waals surface area contributed by atoms with Crippen LogP contribution in [0, 0.1) is 5.92 Å². The van der Waals surface area contributed by atoms with Crippen molar-refractivity contribution in [2.45, 2.75) is 51.7 Å². The van der Waals surface area contributed by atoms with Crippen molar-refractivity contribution in [3.63, 3.8) is 0 Å². The van der Waals surface area contributed by atoms with E-state index in [1.54, 1.807) is 0 Å². The summed E-state index contributed by atoms with van der Waals surface area (Å²) < 4.78 is 5.39. The van der Waals surface area contributed by atoms with Crippen LogP contribution in [0.3, 0.4) is 0 Å². The molecule has 1 rings (SSSR count). The van der Waals surface area contributed by atoms with Crippen LogP contribution < -0.4 is 0 Å². The van der Waals surface area contributed by atoms with Crippen molar-refractivity contribution in [2.75, 3.05) is 6.61 Å². The molecule has 1 aliphatic rings. The lowest BCUT2D eigenvalue weighted by atomic mass is 9.83. The van der Waals surface area contributed by atoms with Crippen molar-refractivity contribution < 1.29 is 9.84 Å². The van der Waals surface area contributed by atoms with Crippen LogP contribution >= 0.6 is 0 Å². The van der Waals surface area contributed by atoms with Gasteiger partial charge in [0.15, 0.2) is 0 Å². The monoisotopic (exact) mass is 172 g/mol. The second kappa shape index (κ2) is 3.75. The number of hydrogen-bond donors (Lipinski definition) is 1. The fraction of sp³-hybridized carbons (Fsp3) is 1.00. The molecular weight excluding hydrogens is 152 g/mol. The summed E-state index contributed by atoms with van der Waals surface area (Å²) in [4.78, 5) is 0. The summed E-state index contributed by atoms with van der Waals surface area (Å²) in [5.41, 5.74) is -0.453. The molecule has 2 atom stereocenters. The van der Waals surface area contributed by atoms with Gasteiger partial charge in [0.05, 0.1) is 11.7 Å². The highest BCUT2D eigenvalue weighted by molar-refractivity contribution is 4.84. The Morgan fingerprint density at radius 1 is 1.58 bits per heavy atom. The Morgan fingerprint density at radius 2 is 2.25 bits per heavy atom. The Balaban J connectivity index is 2.45. The maximum atomic E-state index is 10.1. The minimum Gasteiger partial charge on any atom is -0.390 e. The summed E-state index contributed by atoms with van der Waals surface area (Å²) >= 11 is 0. The minimum absolute atomic E-state index is 0.225. The van der Waals surface area contributed by atoms with E-state index >= 15 is 0 Å². The van der Waals surface area contributed by atoms with Crippen LogP contribution in [-0.2, 0) is 4.74 Å². The molecular formula is C10H20O2. The highest BCUT2D eigenvalue weighted by Crippen LogP contribution is 2.30. The van der Waals surface area contributed by atoms with Crippen molar-refractivity contribution in [3.05, 3.63) is 0 Å². The van der Waals surface area contributed by atoms with Gasteiger partial charge in [0.1, 0.15) is 0 Å². The summed E-state index contributed by atoms with van der Waals surface area (Å²) in [6.45, 7) is 7.05. The van der Waals surface area contributed by atoms with Gasteiger partial charge in [-0.15, -0.1) is 0 Å². The molecule has 1 saturated heterocycles. The van der Waals surface area contributed by atoms with Gasteiger partial charge in [-0.1, -0.05) is 13.8 Å². The van der Waals surface area contributed by atoms with Crippen LogP contribution in [0.15, 0.2) is 0 Å². The summed E-state index contributed by atoms with van der Waals surface area (Å²) in [5, 5.41) is 10.1. The molecule has 0 aliphatic carbocycles. The Morgan fingerprint density at radius 3 is 2.75 bits per heavy atom. The van der Waals surface area contributed by atoms with Gasteiger partial charge < -0.3 is 9.84 Å². The molecule has 1 heterocycles. The number of ether oxygens (including phenoxy) is 1. The van der Waals surface area contributed by atoms with Gasteiger partial charge in [0.25, 0.3) is 0 Å². The van der Waals surface area contributed by atoms with E-state index in [0.29, 0.717) is 12.5 Å². The van der Waals surface area contributed by atoms with Crippen LogP contribution in [-0.4, -0.2) is 23.4 Å². The third-order valence-electron chi connectivity index (χ3n) is 2.43. The molecule has 1 fully saturated rings. The smallest absolute Gasteiger partial charge is 0.0696 e. The highest BCUT2D eigenvalue weighted by Gasteiger charge is 2.33. The van der Waals surface area contributed by atoms with Crippen LogP contribution in [0.4, 0.5) is 0 Å². The van der Waals surface area contributed by atoms with E-state index in [2.05, 4.69) is 13.8 Å². The largest absolute Gasteiger partial charge is 0.390 e. The Hall–Kier alpha value is -0.0800. The first kappa shape index (κ1) is 10.0. The lowest BCUT2D eigenvalue weighted by Crippen LogP contribution is -2.40. The van der Waals surface area contributed by atoms with E-state index in [1.165, 1.54) is 0 Å². The fourth-order valence-electron chi connectivity index (χ4n) is 2.09. The number of hydrogen-bond acceptors (Lipinski definition) is 2. The minimum atomic E-state index is -0.453. The summed E-state index contributed by atoms with van der Waals surface area (Å²) in [7, 11) is 0. The Bertz CT molecular complexity index is 141. The first-order valence-corrected chi connectivity index (χ1v) is 4.86. The molecule has 0 aromatic rings. The normalized spacial score (nSPS) is 37.2. The first-order chi connectivity index (χ1) is 5.52. The van der Waals surface area contributed by atoms with E-state index < -0.39 is 5.60 Å². The van der Waals surface area contributed by atoms with Gasteiger partial charge in [-0.3, -0.25) is 0 Å². The van der Waals surface area contributed by atoms with Crippen LogP contribution in [0.5, 0.6) is 0 Å². The third kappa shape index (κ3) is 2.76. The van der Waals surface area contributed by atoms with Crippen molar-refractivity contribution in [1.82, 2.24) is 0 Å². The van der Waals surface area contributed by atoms with E-state index in [9.17, 15) is 5.11 Å². The second-order valence-corrected chi connectivity index (χ2v) is 4.46. The van der Waals surface area contributed by atoms with Crippen LogP contribution in [0.25, 0.3) is 0 Å². The third-order valence-corrected chi connectivity index (χ3v) is 2.43. The lowest BCUT2D eigenvalue weighted by molar-refractivity contribution is -0.105. The number of rotatable bonds is 2. The molecule has 2 nitrogen and oxygen atoms in total. The van der Waals surface area contributed by atoms with E-state index in [0.717, 1.165) is 19.3 Å². The molecule has 0 spiro atoms. The molecule has 72 valence electrons. The molecule has 0 bridgehead atoms. The lowest BCUT2D eigenvalue weighted by Gasteiger charge is -2.36. The molecule has 1 N–H and O–H groups in total. The quantitative estimate of drug-likeness (QED) is 0.690. The van der Waals surface area contributed by atoms with Gasteiger partial charge in [0, 0.05) is 13.0 Å². The van der Waals surface area contributed by atoms with Gasteiger partial charge in [0.2, 0.25) is 0 Å². The SMILES string of the molecule is CC(C)CC1(O)CCOC(C)C1. The van der Waals surface area contributed by atoms with Gasteiger partial charge in [-0.25, -0.2) is 0 Å². The molecule has 2 heteroatoms. The summed E-state index contributed by atoms with van der Waals surface area (Å²) in [5.74, 6) is 0.570. The second-order valence-electron chi connectivity index (χ2n) is 4.46. The van der Waals surface area contributed by atoms with E-state index in [4.69, 9.17) is 4.74 Å². The fourth-order valence-corrected chi connectivity index (χ4v) is 2.09. The molecule has 0 saturated carbocycles. The zero-order valence-corrected chi connectivity index (χ0v) is 8.34. The zero-order chi connectivity index (χ0) is 9.19. The molecule has 0 amide bonds. The van der Waals surface area contributed by atoms with Gasteiger partial charge >= 0.3 is 0 Å². The zero-order valence-electron chi connectivity index (χ0n) is 8.34. The Kier molecular flexibility index (Phi) is 3.13. The maximum absolute atomic E-state index is 10.1. The standard InChI is InChI=1S/C10H20O2/c1-8(2)6-10(11)4-5-12-9(3)7-10/h8-9,11H,4-7H2,1-3H3. The summed E-state index contributed by atoms with van der Waals surface area (Å²) in [6, 6.07) is 0. The topological polar surface area (TPSA) is 29.5 Å². The molecule has 0 radical (unpaired) electrons. The average Bonchev–Trinajstić information content (AvgIpc) is 1.82. The average molecular weight is 172 g/mol. The molecule has 1 aliphatic heterocycles.